The van der Waals surface area contributed by atoms with Crippen molar-refractivity contribution < 1.29 is 37.0 Å². The molecule has 49 heavy (non-hydrogen) atoms. The Kier molecular flexibility index (Phi) is 21.9. The maximum absolute atomic E-state index is 6.34. The first-order valence-electron chi connectivity index (χ1n) is 18.1. The lowest BCUT2D eigenvalue weighted by Gasteiger charge is -2.48. The predicted molar refractivity (Wildman–Crippen MR) is 244 cm³/mol. The summed E-state index contributed by atoms with van der Waals surface area (Å²) < 4.78 is 54.2. The number of hydrogen-bond acceptors (Lipinski definition) is 9. The lowest BCUT2D eigenvalue weighted by molar-refractivity contribution is 0.232. The zero-order valence-electron chi connectivity index (χ0n) is 36.6. The number of hydrogen-bond donors (Lipinski definition) is 0. The molecular weight excluding hydrogens is 817 g/mol. The van der Waals surface area contributed by atoms with Crippen LogP contribution in [0.3, 0.4) is 0 Å². The molecule has 0 aromatic heterocycles. The van der Waals surface area contributed by atoms with Gasteiger partial charge in [0.1, 0.15) is 0 Å². The van der Waals surface area contributed by atoms with Crippen LogP contribution in [0.1, 0.15) is 0 Å². The molecule has 296 valence electrons. The normalized spacial score (nSPS) is 22.2. The summed E-state index contributed by atoms with van der Waals surface area (Å²) in [6.45, 7) is 56.4. The fraction of sp³-hybridized carbons (Fsp3) is 0.929. The Balaban J connectivity index is 0. The summed E-state index contributed by atoms with van der Waals surface area (Å²) in [5, 5.41) is 0. The molecular formula is C28H82O9Si12. The van der Waals surface area contributed by atoms with Gasteiger partial charge in [0.25, 0.3) is 0 Å². The van der Waals surface area contributed by atoms with Crippen molar-refractivity contribution in [3.05, 3.63) is 12.3 Å². The molecule has 2 fully saturated rings. The van der Waals surface area contributed by atoms with E-state index in [9.17, 15) is 0 Å². The van der Waals surface area contributed by atoms with Crippen molar-refractivity contribution in [3.8, 4) is 0 Å². The quantitative estimate of drug-likeness (QED) is 0.199. The van der Waals surface area contributed by atoms with Gasteiger partial charge in [-0.3, -0.25) is 0 Å². The topological polar surface area (TPSA) is 83.1 Å². The van der Waals surface area contributed by atoms with Crippen molar-refractivity contribution in [2.75, 3.05) is 0 Å². The van der Waals surface area contributed by atoms with Crippen molar-refractivity contribution in [1.29, 1.82) is 0 Å². The Hall–Kier alpha value is 1.98. The summed E-state index contributed by atoms with van der Waals surface area (Å²) >= 11 is 0. The first kappa shape index (κ1) is 53.1. The molecule has 0 bridgehead atoms. The maximum atomic E-state index is 6.34. The Morgan fingerprint density at radius 2 is 0.776 bits per heavy atom. The van der Waals surface area contributed by atoms with Gasteiger partial charge in [-0.25, -0.2) is 0 Å². The van der Waals surface area contributed by atoms with Crippen LogP contribution in [-0.2, 0) is 37.0 Å². The monoisotopic (exact) mass is 898 g/mol. The smallest absolute Gasteiger partial charge is 0.343 e. The summed E-state index contributed by atoms with van der Waals surface area (Å²) in [6.07, 6.45) is 0. The van der Waals surface area contributed by atoms with Crippen molar-refractivity contribution in [1.82, 2.24) is 0 Å². The maximum Gasteiger partial charge on any atom is 0.343 e. The largest absolute Gasteiger partial charge is 0.458 e. The molecule has 2 aliphatic heterocycles. The summed E-state index contributed by atoms with van der Waals surface area (Å²) in [5.74, 6) is 0. The second kappa shape index (κ2) is 20.2. The Bertz CT molecular complexity index is 931. The fourth-order valence-corrected chi connectivity index (χ4v) is 57.6. The SMILES string of the molecule is C=C[Si]1(C)O[Si](C)(C)O[Si](C)(C)O1.C[SiH](C)O[Si](C)(C)C.C[SiH](C)O[Si](C)(C)C.C[SiH](C)O[Si](C)(C)CC[Si]1(C)O[Si](C)(C)O[Si](C)(C)O1. The molecule has 0 atom stereocenters. The molecule has 0 N–H and O–H groups in total. The minimum absolute atomic E-state index is 0.734. The summed E-state index contributed by atoms with van der Waals surface area (Å²) in [7, 11) is -18.4. The molecule has 0 aliphatic carbocycles. The van der Waals surface area contributed by atoms with Crippen LogP contribution < -0.4 is 0 Å². The van der Waals surface area contributed by atoms with Gasteiger partial charge in [-0.05, 0) is 169 Å². The van der Waals surface area contributed by atoms with Crippen LogP contribution in [0.15, 0.2) is 12.3 Å². The Morgan fingerprint density at radius 1 is 0.490 bits per heavy atom. The van der Waals surface area contributed by atoms with Crippen LogP contribution in [0.5, 0.6) is 0 Å². The second-order valence-corrected chi connectivity index (χ2v) is 61.4. The van der Waals surface area contributed by atoms with E-state index in [1.807, 2.05) is 12.2 Å². The third-order valence-corrected chi connectivity index (χ3v) is 46.2. The lowest BCUT2D eigenvalue weighted by atomic mass is 10.9. The zero-order valence-corrected chi connectivity index (χ0v) is 49.1. The van der Waals surface area contributed by atoms with Crippen LogP contribution >= 0.6 is 0 Å². The van der Waals surface area contributed by atoms with E-state index < -0.39 is 103 Å². The highest BCUT2D eigenvalue weighted by Gasteiger charge is 2.53. The highest BCUT2D eigenvalue weighted by atomic mass is 28.5. The second-order valence-electron chi connectivity index (χ2n) is 18.5. The molecule has 2 rings (SSSR count). The van der Waals surface area contributed by atoms with Gasteiger partial charge in [-0.15, -0.1) is 6.58 Å². The summed E-state index contributed by atoms with van der Waals surface area (Å²) in [4.78, 5) is 0. The Morgan fingerprint density at radius 3 is 1.00 bits per heavy atom. The molecule has 0 radical (unpaired) electrons. The van der Waals surface area contributed by atoms with Gasteiger partial charge in [-0.2, -0.15) is 0 Å². The van der Waals surface area contributed by atoms with Gasteiger partial charge < -0.3 is 37.0 Å². The number of rotatable bonds is 10. The van der Waals surface area contributed by atoms with Gasteiger partial charge in [-0.1, -0.05) is 5.70 Å². The van der Waals surface area contributed by atoms with Gasteiger partial charge in [0.05, 0.1) is 0 Å². The summed E-state index contributed by atoms with van der Waals surface area (Å²) in [6, 6.07) is 2.18. The Labute approximate surface area is 320 Å². The van der Waals surface area contributed by atoms with E-state index in [1.165, 1.54) is 0 Å². The minimum Gasteiger partial charge on any atom is -0.458 e. The molecule has 0 unspecified atom stereocenters. The van der Waals surface area contributed by atoms with E-state index in [0.717, 1.165) is 12.1 Å². The van der Waals surface area contributed by atoms with E-state index in [2.05, 4.69) is 157 Å². The molecule has 2 aliphatic rings. The molecule has 21 heteroatoms. The van der Waals surface area contributed by atoms with Crippen LogP contribution in [0.4, 0.5) is 0 Å². The van der Waals surface area contributed by atoms with Crippen molar-refractivity contribution in [2.45, 2.75) is 169 Å². The molecule has 2 saturated heterocycles. The molecule has 0 amide bonds. The average molecular weight is 900 g/mol. The molecule has 0 aromatic rings. The van der Waals surface area contributed by atoms with Crippen molar-refractivity contribution >= 4 is 103 Å². The zero-order chi connectivity index (χ0) is 39.7. The third kappa shape index (κ3) is 29.0. The third-order valence-electron chi connectivity index (χ3n) is 6.09. The minimum atomic E-state index is -2.12. The molecule has 0 saturated carbocycles. The first-order valence-corrected chi connectivity index (χ1v) is 52.6. The van der Waals surface area contributed by atoms with Crippen molar-refractivity contribution in [3.63, 3.8) is 0 Å². The van der Waals surface area contributed by atoms with E-state index in [4.69, 9.17) is 37.0 Å². The lowest BCUT2D eigenvalue weighted by Crippen LogP contribution is -2.65. The molecule has 9 nitrogen and oxygen atoms in total. The average Bonchev–Trinajstić information content (AvgIpc) is 2.70. The van der Waals surface area contributed by atoms with Gasteiger partial charge >= 0.3 is 51.4 Å². The van der Waals surface area contributed by atoms with Crippen LogP contribution in [0, 0.1) is 0 Å². The van der Waals surface area contributed by atoms with E-state index in [1.54, 1.807) is 0 Å². The van der Waals surface area contributed by atoms with E-state index in [0.29, 0.717) is 0 Å². The van der Waals surface area contributed by atoms with E-state index >= 15 is 0 Å². The highest BCUT2D eigenvalue weighted by molar-refractivity contribution is 6.95. The predicted octanol–water partition coefficient (Wildman–Crippen LogP) is 9.62. The summed E-state index contributed by atoms with van der Waals surface area (Å²) in [5.41, 5.74) is 1.85. The highest BCUT2D eigenvalue weighted by Crippen LogP contribution is 2.35. The first-order chi connectivity index (χ1) is 21.3. The van der Waals surface area contributed by atoms with E-state index in [-0.39, 0.29) is 0 Å². The van der Waals surface area contributed by atoms with Crippen LogP contribution in [0.2, 0.25) is 169 Å². The van der Waals surface area contributed by atoms with Gasteiger partial charge in [0, 0.05) is 0 Å². The van der Waals surface area contributed by atoms with Gasteiger partial charge in [0.2, 0.25) is 0 Å². The fourth-order valence-electron chi connectivity index (χ4n) is 6.15. The van der Waals surface area contributed by atoms with Gasteiger partial charge in [0.15, 0.2) is 52.1 Å². The standard InChI is InChI=1S/C11H32O4Si5.C7H18O3Si3.2C5H16OSi2/c1-16(2)12-17(3,4)10-11-20(9)14-18(5,6)13-19(7,8)15-20;1-7-13(6)9-11(2,3)8-12(4,5)10-13;2*1-7(2)6-8(3,4)5/h16H,10-11H2,1-9H3;7H,1H2,2-6H3;2*7H,1-5H3. The molecule has 0 spiro atoms. The van der Waals surface area contributed by atoms with Crippen molar-refractivity contribution in [2.24, 2.45) is 0 Å². The van der Waals surface area contributed by atoms with Crippen LogP contribution in [0.25, 0.3) is 0 Å². The molecule has 2 heterocycles. The van der Waals surface area contributed by atoms with Crippen LogP contribution in [-0.4, -0.2) is 103 Å². The molecule has 0 aromatic carbocycles.